The van der Waals surface area contributed by atoms with E-state index in [0.717, 1.165) is 31.7 Å². The van der Waals surface area contributed by atoms with Crippen LogP contribution in [0.15, 0.2) is 24.3 Å². The summed E-state index contributed by atoms with van der Waals surface area (Å²) in [5.41, 5.74) is 2.52. The Morgan fingerprint density at radius 1 is 1.39 bits per heavy atom. The van der Waals surface area contributed by atoms with Crippen LogP contribution in [0.3, 0.4) is 0 Å². The van der Waals surface area contributed by atoms with Gasteiger partial charge in [-0.3, -0.25) is 9.69 Å². The molecule has 1 saturated carbocycles. The number of hydrogen-bond donors (Lipinski definition) is 0. The molecule has 0 N–H and O–H groups in total. The van der Waals surface area contributed by atoms with Crippen molar-refractivity contribution >= 4 is 11.6 Å². The third kappa shape index (κ3) is 2.23. The highest BCUT2D eigenvalue weighted by Gasteiger charge is 2.60. The largest absolute Gasteiger partial charge is 0.377 e. The summed E-state index contributed by atoms with van der Waals surface area (Å²) in [4.78, 5) is 17.0. The first kappa shape index (κ1) is 15.2. The van der Waals surface area contributed by atoms with Crippen molar-refractivity contribution in [2.45, 2.75) is 38.8 Å². The number of carbonyl (C=O) groups excluding carboxylic acids is 1. The molecule has 124 valence electrons. The van der Waals surface area contributed by atoms with E-state index >= 15 is 0 Å². The highest BCUT2D eigenvalue weighted by atomic mass is 16.5. The average Bonchev–Trinajstić information content (AvgIpc) is 3.11. The molecule has 0 spiro atoms. The molecule has 1 aromatic rings. The summed E-state index contributed by atoms with van der Waals surface area (Å²) in [6.07, 6.45) is 2.47. The number of carbonyl (C=O) groups is 1. The van der Waals surface area contributed by atoms with Crippen LogP contribution in [0.4, 0.5) is 5.69 Å². The summed E-state index contributed by atoms with van der Waals surface area (Å²) >= 11 is 0. The molecule has 1 aliphatic carbocycles. The molecule has 3 aliphatic rings. The van der Waals surface area contributed by atoms with Crippen molar-refractivity contribution in [1.82, 2.24) is 4.90 Å². The molecule has 0 radical (unpaired) electrons. The summed E-state index contributed by atoms with van der Waals surface area (Å²) in [6, 6.07) is 8.70. The van der Waals surface area contributed by atoms with Crippen molar-refractivity contribution in [1.29, 1.82) is 0 Å². The molecule has 1 aromatic carbocycles. The molecular formula is C19H26N2O2. The summed E-state index contributed by atoms with van der Waals surface area (Å²) in [7, 11) is 2.10. The minimum Gasteiger partial charge on any atom is -0.377 e. The first-order chi connectivity index (χ1) is 11.0. The lowest BCUT2D eigenvalue weighted by Crippen LogP contribution is -2.66. The topological polar surface area (TPSA) is 32.8 Å². The fourth-order valence-electron chi connectivity index (χ4n) is 5.19. The molecule has 1 saturated heterocycles. The molecule has 0 aromatic heterocycles. The van der Waals surface area contributed by atoms with Gasteiger partial charge in [0.25, 0.3) is 0 Å². The predicted octanol–water partition coefficient (Wildman–Crippen LogP) is 2.32. The lowest BCUT2D eigenvalue weighted by Gasteiger charge is -2.57. The summed E-state index contributed by atoms with van der Waals surface area (Å²) in [6.45, 7) is 6.73. The Kier molecular flexibility index (Phi) is 3.50. The van der Waals surface area contributed by atoms with Crippen LogP contribution in [-0.4, -0.2) is 49.7 Å². The van der Waals surface area contributed by atoms with Crippen LogP contribution in [0.1, 0.15) is 25.8 Å². The molecule has 2 heterocycles. The van der Waals surface area contributed by atoms with Crippen molar-refractivity contribution in [3.63, 3.8) is 0 Å². The van der Waals surface area contributed by atoms with Gasteiger partial charge in [-0.1, -0.05) is 32.0 Å². The minimum atomic E-state index is 0.138. The van der Waals surface area contributed by atoms with Gasteiger partial charge in [-0.05, 0) is 31.5 Å². The predicted molar refractivity (Wildman–Crippen MR) is 90.5 cm³/mol. The van der Waals surface area contributed by atoms with Crippen LogP contribution in [-0.2, 0) is 16.0 Å². The van der Waals surface area contributed by atoms with Gasteiger partial charge in [-0.25, -0.2) is 0 Å². The fraction of sp³-hybridized carbons (Fsp3) is 0.632. The molecule has 2 aliphatic heterocycles. The van der Waals surface area contributed by atoms with E-state index in [9.17, 15) is 4.79 Å². The van der Waals surface area contributed by atoms with Crippen LogP contribution < -0.4 is 4.90 Å². The second-order valence-electron chi connectivity index (χ2n) is 7.85. The molecule has 4 heteroatoms. The Morgan fingerprint density at radius 2 is 2.17 bits per heavy atom. The maximum absolute atomic E-state index is 12.8. The zero-order valence-electron chi connectivity index (χ0n) is 14.3. The highest BCUT2D eigenvalue weighted by Crippen LogP contribution is 2.54. The first-order valence-corrected chi connectivity index (χ1v) is 8.70. The zero-order valence-corrected chi connectivity index (χ0v) is 14.3. The number of anilines is 1. The lowest BCUT2D eigenvalue weighted by atomic mass is 9.57. The van der Waals surface area contributed by atoms with Gasteiger partial charge < -0.3 is 9.64 Å². The third-order valence-electron chi connectivity index (χ3n) is 6.09. The minimum absolute atomic E-state index is 0.138. The average molecular weight is 314 g/mol. The van der Waals surface area contributed by atoms with Gasteiger partial charge in [-0.15, -0.1) is 0 Å². The highest BCUT2D eigenvalue weighted by molar-refractivity contribution is 5.96. The van der Waals surface area contributed by atoms with Crippen molar-refractivity contribution < 1.29 is 9.53 Å². The van der Waals surface area contributed by atoms with Crippen molar-refractivity contribution in [3.05, 3.63) is 29.8 Å². The Labute approximate surface area is 138 Å². The van der Waals surface area contributed by atoms with Gasteiger partial charge in [0.1, 0.15) is 0 Å². The lowest BCUT2D eigenvalue weighted by molar-refractivity contribution is -0.153. The number of ether oxygens (including phenoxy) is 1. The quantitative estimate of drug-likeness (QED) is 0.858. The fourth-order valence-corrected chi connectivity index (χ4v) is 5.19. The van der Waals surface area contributed by atoms with E-state index in [2.05, 4.69) is 44.0 Å². The van der Waals surface area contributed by atoms with Crippen LogP contribution in [0, 0.1) is 11.3 Å². The maximum atomic E-state index is 12.8. The standard InChI is InChI=1S/C19H26N2O2/c1-19(2)17(14-9-11-23-18(14)19)20(3)12-16(22)21-10-8-13-6-4-5-7-15(13)21/h4-7,14,17-18H,8-12H2,1-3H3. The first-order valence-electron chi connectivity index (χ1n) is 8.70. The van der Waals surface area contributed by atoms with Gasteiger partial charge in [0.05, 0.1) is 12.6 Å². The Balaban J connectivity index is 1.45. The maximum Gasteiger partial charge on any atom is 0.241 e. The van der Waals surface area contributed by atoms with Gasteiger partial charge in [0.15, 0.2) is 0 Å². The molecule has 4 rings (SSSR count). The number of para-hydroxylation sites is 1. The van der Waals surface area contributed by atoms with E-state index in [1.807, 2.05) is 11.0 Å². The van der Waals surface area contributed by atoms with Gasteiger partial charge in [0.2, 0.25) is 5.91 Å². The zero-order chi connectivity index (χ0) is 16.2. The molecule has 23 heavy (non-hydrogen) atoms. The van der Waals surface area contributed by atoms with Gasteiger partial charge >= 0.3 is 0 Å². The van der Waals surface area contributed by atoms with Gasteiger partial charge in [0, 0.05) is 36.2 Å². The van der Waals surface area contributed by atoms with Crippen molar-refractivity contribution in [2.24, 2.45) is 11.3 Å². The van der Waals surface area contributed by atoms with Crippen molar-refractivity contribution in [2.75, 3.05) is 31.6 Å². The van der Waals surface area contributed by atoms with E-state index < -0.39 is 0 Å². The van der Waals surface area contributed by atoms with E-state index in [4.69, 9.17) is 4.74 Å². The van der Waals surface area contributed by atoms with Crippen LogP contribution in [0.2, 0.25) is 0 Å². The molecular weight excluding hydrogens is 288 g/mol. The number of fused-ring (bicyclic) bond motifs is 2. The van der Waals surface area contributed by atoms with E-state index in [1.165, 1.54) is 5.56 Å². The number of rotatable bonds is 3. The van der Waals surface area contributed by atoms with E-state index in [-0.39, 0.29) is 11.3 Å². The monoisotopic (exact) mass is 314 g/mol. The van der Waals surface area contributed by atoms with Gasteiger partial charge in [-0.2, -0.15) is 0 Å². The number of benzene rings is 1. The molecule has 4 nitrogen and oxygen atoms in total. The van der Waals surface area contributed by atoms with E-state index in [1.54, 1.807) is 0 Å². The molecule has 2 fully saturated rings. The Morgan fingerprint density at radius 3 is 3.00 bits per heavy atom. The Bertz CT molecular complexity index is 628. The number of likely N-dealkylation sites (N-methyl/N-ethyl adjacent to an activating group) is 1. The molecule has 3 unspecified atom stereocenters. The summed E-state index contributed by atoms with van der Waals surface area (Å²) in [5, 5.41) is 0. The van der Waals surface area contributed by atoms with E-state index in [0.29, 0.717) is 24.6 Å². The van der Waals surface area contributed by atoms with Crippen molar-refractivity contribution in [3.8, 4) is 0 Å². The smallest absolute Gasteiger partial charge is 0.241 e. The molecule has 0 bridgehead atoms. The number of hydrogen-bond acceptors (Lipinski definition) is 3. The normalized spacial score (nSPS) is 31.0. The molecule has 1 amide bonds. The second kappa shape index (κ2) is 5.32. The summed E-state index contributed by atoms with van der Waals surface area (Å²) < 4.78 is 5.88. The molecule has 3 atom stereocenters. The van der Waals surface area contributed by atoms with Crippen LogP contribution in [0.5, 0.6) is 0 Å². The number of nitrogens with zero attached hydrogens (tertiary/aromatic N) is 2. The van der Waals surface area contributed by atoms with Crippen LogP contribution in [0.25, 0.3) is 0 Å². The van der Waals surface area contributed by atoms with Crippen LogP contribution >= 0.6 is 0 Å². The second-order valence-corrected chi connectivity index (χ2v) is 7.85. The number of amides is 1. The third-order valence-corrected chi connectivity index (χ3v) is 6.09. The SMILES string of the molecule is CN(CC(=O)N1CCc2ccccc21)C1C2CCOC2C1(C)C. The summed E-state index contributed by atoms with van der Waals surface area (Å²) in [5.74, 6) is 0.810. The Hall–Kier alpha value is -1.39.